The molecule has 13 heteroatoms. The number of halogens is 6. The van der Waals surface area contributed by atoms with E-state index in [-0.39, 0.29) is 17.1 Å². The zero-order valence-corrected chi connectivity index (χ0v) is 19.6. The number of ether oxygens (including phenoxy) is 1. The van der Waals surface area contributed by atoms with E-state index in [1.165, 1.54) is 30.3 Å². The van der Waals surface area contributed by atoms with E-state index in [1.54, 1.807) is 26.8 Å². The van der Waals surface area contributed by atoms with Crippen LogP contribution in [0.3, 0.4) is 0 Å². The van der Waals surface area contributed by atoms with Crippen molar-refractivity contribution in [2.45, 2.75) is 52.1 Å². The van der Waals surface area contributed by atoms with E-state index < -0.39 is 37.0 Å². The minimum atomic E-state index is -4.52. The summed E-state index contributed by atoms with van der Waals surface area (Å²) in [5.41, 5.74) is 1.30. The fourth-order valence-corrected chi connectivity index (χ4v) is 4.14. The van der Waals surface area contributed by atoms with Gasteiger partial charge in [0.05, 0.1) is 40.1 Å². The van der Waals surface area contributed by atoms with Gasteiger partial charge in [0, 0.05) is 18.0 Å². The number of hydrogen-bond donors (Lipinski definition) is 0. The summed E-state index contributed by atoms with van der Waals surface area (Å²) in [7, 11) is 0. The average molecular weight is 513 g/mol. The van der Waals surface area contributed by atoms with Gasteiger partial charge in [-0.15, -0.1) is 0 Å². The number of nitrogens with zero attached hydrogens (tertiary/aromatic N) is 5. The molecular weight excluding hydrogens is 492 g/mol. The van der Waals surface area contributed by atoms with Crippen LogP contribution in [-0.4, -0.2) is 44.6 Å². The molecule has 0 atom stereocenters. The SMILES string of the molecule is Cc1cc(-c2cnc(C)c(OCC(F)(F)F)c2)nc2c1C(=O)N(c1cnn(CC(F)(F)F)c1)C2(C)C. The van der Waals surface area contributed by atoms with Crippen molar-refractivity contribution in [3.05, 3.63) is 53.2 Å². The maximum atomic E-state index is 13.3. The summed E-state index contributed by atoms with van der Waals surface area (Å²) >= 11 is 0. The first kappa shape index (κ1) is 25.5. The average Bonchev–Trinajstić information content (AvgIpc) is 3.24. The van der Waals surface area contributed by atoms with Gasteiger partial charge in [0.2, 0.25) is 0 Å². The molecule has 7 nitrogen and oxygen atoms in total. The number of fused-ring (bicyclic) bond motifs is 1. The number of amides is 1. The van der Waals surface area contributed by atoms with Crippen molar-refractivity contribution in [1.82, 2.24) is 19.7 Å². The van der Waals surface area contributed by atoms with Crippen LogP contribution in [0.2, 0.25) is 0 Å². The van der Waals surface area contributed by atoms with Gasteiger partial charge in [-0.3, -0.25) is 19.4 Å². The van der Waals surface area contributed by atoms with E-state index in [2.05, 4.69) is 15.1 Å². The summed E-state index contributed by atoms with van der Waals surface area (Å²) in [5, 5.41) is 3.73. The highest BCUT2D eigenvalue weighted by Crippen LogP contribution is 2.43. The number of rotatable bonds is 5. The van der Waals surface area contributed by atoms with Crippen LogP contribution in [0.15, 0.2) is 30.7 Å². The van der Waals surface area contributed by atoms with Crippen molar-refractivity contribution in [3.63, 3.8) is 0 Å². The molecule has 0 saturated heterocycles. The molecule has 1 aliphatic heterocycles. The number of carbonyl (C=O) groups excluding carboxylic acids is 1. The Labute approximate surface area is 201 Å². The molecule has 0 fully saturated rings. The Morgan fingerprint density at radius 1 is 1.03 bits per heavy atom. The smallest absolute Gasteiger partial charge is 0.422 e. The van der Waals surface area contributed by atoms with Crippen molar-refractivity contribution in [3.8, 4) is 17.0 Å². The molecule has 0 spiro atoms. The normalized spacial score (nSPS) is 15.4. The van der Waals surface area contributed by atoms with E-state index in [9.17, 15) is 31.1 Å². The number of aryl methyl sites for hydroxylation is 2. The molecule has 192 valence electrons. The van der Waals surface area contributed by atoms with Crippen LogP contribution >= 0.6 is 0 Å². The highest BCUT2D eigenvalue weighted by Gasteiger charge is 2.47. The van der Waals surface area contributed by atoms with Crippen LogP contribution in [0.5, 0.6) is 5.75 Å². The predicted molar refractivity (Wildman–Crippen MR) is 117 cm³/mol. The summed E-state index contributed by atoms with van der Waals surface area (Å²) in [6.07, 6.45) is -5.24. The molecule has 0 unspecified atom stereocenters. The van der Waals surface area contributed by atoms with Gasteiger partial charge in [0.15, 0.2) is 6.61 Å². The Balaban J connectivity index is 1.72. The van der Waals surface area contributed by atoms with Crippen molar-refractivity contribution < 1.29 is 35.9 Å². The molecule has 0 radical (unpaired) electrons. The molecule has 1 aliphatic rings. The zero-order chi connectivity index (χ0) is 26.6. The van der Waals surface area contributed by atoms with Gasteiger partial charge in [0.1, 0.15) is 12.3 Å². The molecule has 0 N–H and O–H groups in total. The topological polar surface area (TPSA) is 73.1 Å². The van der Waals surface area contributed by atoms with Crippen LogP contribution < -0.4 is 9.64 Å². The fraction of sp³-hybridized carbons (Fsp3) is 0.391. The standard InChI is InChI=1S/C23H21F6N5O2/c1-12-5-16(14-6-17(13(2)30-7-14)36-11-23(27,28)29)32-19-18(12)20(35)34(21(19,3)4)15-8-31-33(9-15)10-22(24,25)26/h5-9H,10-11H2,1-4H3. The van der Waals surface area contributed by atoms with Crippen LogP contribution in [0.1, 0.15) is 41.2 Å². The first-order chi connectivity index (χ1) is 16.6. The number of aromatic nitrogens is 4. The van der Waals surface area contributed by atoms with Gasteiger partial charge in [-0.1, -0.05) is 0 Å². The monoisotopic (exact) mass is 513 g/mol. The summed E-state index contributed by atoms with van der Waals surface area (Å²) in [6.45, 7) is 3.79. The molecule has 36 heavy (non-hydrogen) atoms. The van der Waals surface area contributed by atoms with Crippen molar-refractivity contribution in [2.24, 2.45) is 0 Å². The van der Waals surface area contributed by atoms with Crippen LogP contribution in [0.4, 0.5) is 32.0 Å². The van der Waals surface area contributed by atoms with Gasteiger partial charge in [-0.2, -0.15) is 31.4 Å². The second-order valence-corrected chi connectivity index (χ2v) is 8.97. The lowest BCUT2D eigenvalue weighted by Gasteiger charge is -2.30. The maximum absolute atomic E-state index is 13.3. The molecule has 0 bridgehead atoms. The van der Waals surface area contributed by atoms with Crippen molar-refractivity contribution >= 4 is 11.6 Å². The predicted octanol–water partition coefficient (Wildman–Crippen LogP) is 5.36. The lowest BCUT2D eigenvalue weighted by molar-refractivity contribution is -0.153. The van der Waals surface area contributed by atoms with Gasteiger partial charge in [-0.05, 0) is 45.4 Å². The van der Waals surface area contributed by atoms with E-state index >= 15 is 0 Å². The minimum absolute atomic E-state index is 0.0566. The minimum Gasteiger partial charge on any atom is -0.482 e. The third-order valence-corrected chi connectivity index (χ3v) is 5.72. The fourth-order valence-electron chi connectivity index (χ4n) is 4.14. The molecule has 0 saturated carbocycles. The number of anilines is 1. The maximum Gasteiger partial charge on any atom is 0.422 e. The molecular formula is C23H21F6N5O2. The third kappa shape index (κ3) is 4.86. The number of alkyl halides is 6. The number of hydrogen-bond acceptors (Lipinski definition) is 5. The molecule has 0 aromatic carbocycles. The van der Waals surface area contributed by atoms with E-state index in [0.29, 0.717) is 32.8 Å². The Kier molecular flexibility index (Phi) is 6.00. The molecule has 4 heterocycles. The molecule has 3 aromatic rings. The van der Waals surface area contributed by atoms with E-state index in [4.69, 9.17) is 4.74 Å². The first-order valence-corrected chi connectivity index (χ1v) is 10.7. The molecule has 3 aromatic heterocycles. The van der Waals surface area contributed by atoms with Crippen LogP contribution in [0, 0.1) is 13.8 Å². The number of pyridine rings is 2. The van der Waals surface area contributed by atoms with Crippen molar-refractivity contribution in [1.29, 1.82) is 0 Å². The molecule has 0 aliphatic carbocycles. The third-order valence-electron chi connectivity index (χ3n) is 5.72. The Morgan fingerprint density at radius 2 is 1.72 bits per heavy atom. The van der Waals surface area contributed by atoms with Gasteiger partial charge >= 0.3 is 12.4 Å². The lowest BCUT2D eigenvalue weighted by atomic mass is 9.96. The van der Waals surface area contributed by atoms with E-state index in [1.807, 2.05) is 0 Å². The van der Waals surface area contributed by atoms with Crippen molar-refractivity contribution in [2.75, 3.05) is 11.5 Å². The second-order valence-electron chi connectivity index (χ2n) is 8.97. The summed E-state index contributed by atoms with van der Waals surface area (Å²) in [4.78, 5) is 23.4. The van der Waals surface area contributed by atoms with Gasteiger partial charge in [0.25, 0.3) is 5.91 Å². The van der Waals surface area contributed by atoms with Gasteiger partial charge in [-0.25, -0.2) is 4.98 Å². The Bertz CT molecular complexity index is 1330. The van der Waals surface area contributed by atoms with Crippen LogP contribution in [0.25, 0.3) is 11.3 Å². The van der Waals surface area contributed by atoms with Gasteiger partial charge < -0.3 is 4.74 Å². The summed E-state index contributed by atoms with van der Waals surface area (Å²) < 4.78 is 81.8. The zero-order valence-electron chi connectivity index (χ0n) is 19.6. The highest BCUT2D eigenvalue weighted by molar-refractivity contribution is 6.12. The largest absolute Gasteiger partial charge is 0.482 e. The van der Waals surface area contributed by atoms with E-state index in [0.717, 1.165) is 6.20 Å². The quantitative estimate of drug-likeness (QED) is 0.430. The molecule has 4 rings (SSSR count). The Hall–Kier alpha value is -3.64. The molecule has 1 amide bonds. The first-order valence-electron chi connectivity index (χ1n) is 10.7. The van der Waals surface area contributed by atoms with Crippen LogP contribution in [-0.2, 0) is 12.1 Å². The second kappa shape index (κ2) is 8.49. The summed E-state index contributed by atoms with van der Waals surface area (Å²) in [6, 6.07) is 2.99. The Morgan fingerprint density at radius 3 is 2.36 bits per heavy atom. The summed E-state index contributed by atoms with van der Waals surface area (Å²) in [5.74, 6) is -0.506. The number of carbonyl (C=O) groups is 1. The highest BCUT2D eigenvalue weighted by atomic mass is 19.4. The lowest BCUT2D eigenvalue weighted by Crippen LogP contribution is -2.39.